The van der Waals surface area contributed by atoms with Crippen LogP contribution in [-0.2, 0) is 18.4 Å². The van der Waals surface area contributed by atoms with Crippen molar-refractivity contribution in [3.8, 4) is 0 Å². The van der Waals surface area contributed by atoms with Crippen LogP contribution in [0.2, 0.25) is 0 Å². The number of amides is 1. The molecular formula is C26H55N2O6P. The van der Waals surface area contributed by atoms with Crippen molar-refractivity contribution in [1.29, 1.82) is 0 Å². The molecule has 0 aliphatic rings. The molecule has 9 heteroatoms. The summed E-state index contributed by atoms with van der Waals surface area (Å²) in [4.78, 5) is 24.7. The molecule has 8 nitrogen and oxygen atoms in total. The Bertz CT molecular complexity index is 571. The van der Waals surface area contributed by atoms with Crippen molar-refractivity contribution in [2.75, 3.05) is 40.9 Å². The minimum absolute atomic E-state index is 0.0138. The number of hydrogen-bond acceptors (Lipinski definition) is 6. The second kappa shape index (κ2) is 20.5. The van der Waals surface area contributed by atoms with E-state index in [-0.39, 0.29) is 19.1 Å². The quantitative estimate of drug-likeness (QED) is 0.106. The maximum Gasteiger partial charge on any atom is 0.268 e. The van der Waals surface area contributed by atoms with Gasteiger partial charge in [0.05, 0.1) is 39.9 Å². The molecule has 0 aliphatic heterocycles. The number of nitrogens with zero attached hydrogens (tertiary/aromatic N) is 1. The topological polar surface area (TPSA) is 108 Å². The first-order valence-electron chi connectivity index (χ1n) is 13.9. The first kappa shape index (κ1) is 34.5. The first-order chi connectivity index (χ1) is 16.5. The minimum Gasteiger partial charge on any atom is -0.756 e. The van der Waals surface area contributed by atoms with Crippen LogP contribution in [0.15, 0.2) is 0 Å². The van der Waals surface area contributed by atoms with Crippen LogP contribution < -0.4 is 10.2 Å². The minimum atomic E-state index is -4.52. The third-order valence-corrected chi connectivity index (χ3v) is 7.06. The van der Waals surface area contributed by atoms with Crippen LogP contribution in [0.1, 0.15) is 110 Å². The molecule has 210 valence electrons. The summed E-state index contributed by atoms with van der Waals surface area (Å²) >= 11 is 0. The van der Waals surface area contributed by atoms with Crippen LogP contribution in [-0.4, -0.2) is 68.5 Å². The fraction of sp³-hybridized carbons (Fsp3) is 0.962. The molecule has 0 aliphatic carbocycles. The van der Waals surface area contributed by atoms with E-state index < -0.39 is 20.0 Å². The molecule has 0 spiro atoms. The van der Waals surface area contributed by atoms with Gasteiger partial charge in [-0.05, 0) is 12.8 Å². The number of carbonyl (C=O) groups is 1. The molecule has 2 N–H and O–H groups in total. The van der Waals surface area contributed by atoms with Crippen molar-refractivity contribution in [3.63, 3.8) is 0 Å². The van der Waals surface area contributed by atoms with Gasteiger partial charge in [0.15, 0.2) is 0 Å². The number of rotatable bonds is 24. The SMILES string of the molecule is CCCCCCCCCC(O)C(COP(=O)([O-])OCC[N+](C)(C)C)NC(=O)CCCCCCCC. The highest BCUT2D eigenvalue weighted by atomic mass is 31.2. The fourth-order valence-corrected chi connectivity index (χ4v) is 4.46. The average Bonchev–Trinajstić information content (AvgIpc) is 2.77. The van der Waals surface area contributed by atoms with Gasteiger partial charge in [0.2, 0.25) is 5.91 Å². The van der Waals surface area contributed by atoms with E-state index in [2.05, 4.69) is 19.2 Å². The fourth-order valence-electron chi connectivity index (χ4n) is 3.74. The van der Waals surface area contributed by atoms with Gasteiger partial charge in [-0.25, -0.2) is 0 Å². The lowest BCUT2D eigenvalue weighted by atomic mass is 10.0. The first-order valence-corrected chi connectivity index (χ1v) is 15.3. The molecule has 0 saturated carbocycles. The monoisotopic (exact) mass is 522 g/mol. The highest BCUT2D eigenvalue weighted by Gasteiger charge is 2.24. The van der Waals surface area contributed by atoms with Crippen molar-refractivity contribution in [2.24, 2.45) is 0 Å². The zero-order chi connectivity index (χ0) is 26.6. The Balaban J connectivity index is 4.65. The predicted octanol–water partition coefficient (Wildman–Crippen LogP) is 4.93. The molecule has 0 fully saturated rings. The van der Waals surface area contributed by atoms with Gasteiger partial charge < -0.3 is 28.8 Å². The zero-order valence-corrected chi connectivity index (χ0v) is 24.2. The lowest BCUT2D eigenvalue weighted by Crippen LogP contribution is -2.46. The Hall–Kier alpha value is -0.500. The molecule has 0 aromatic carbocycles. The number of phosphoric acid groups is 1. The molecule has 0 saturated heterocycles. The maximum atomic E-state index is 12.5. The maximum absolute atomic E-state index is 12.5. The van der Waals surface area contributed by atoms with Crippen molar-refractivity contribution < 1.29 is 32.9 Å². The zero-order valence-electron chi connectivity index (χ0n) is 23.3. The van der Waals surface area contributed by atoms with Crippen LogP contribution in [0.5, 0.6) is 0 Å². The highest BCUT2D eigenvalue weighted by molar-refractivity contribution is 7.45. The molecule has 0 heterocycles. The number of carbonyl (C=O) groups excluding carboxylic acids is 1. The summed E-state index contributed by atoms with van der Waals surface area (Å²) in [5.41, 5.74) is 0. The summed E-state index contributed by atoms with van der Waals surface area (Å²) in [6.45, 7) is 4.55. The van der Waals surface area contributed by atoms with Gasteiger partial charge >= 0.3 is 0 Å². The second-order valence-corrected chi connectivity index (χ2v) is 12.2. The summed E-state index contributed by atoms with van der Waals surface area (Å²) in [6, 6.07) is -0.785. The van der Waals surface area contributed by atoms with Gasteiger partial charge in [-0.15, -0.1) is 0 Å². The van der Waals surface area contributed by atoms with E-state index in [0.717, 1.165) is 38.5 Å². The summed E-state index contributed by atoms with van der Waals surface area (Å²) < 4.78 is 22.8. The molecule has 0 rings (SSSR count). The largest absolute Gasteiger partial charge is 0.756 e. The molecule has 35 heavy (non-hydrogen) atoms. The Morgan fingerprint density at radius 3 is 1.94 bits per heavy atom. The average molecular weight is 523 g/mol. The van der Waals surface area contributed by atoms with E-state index in [1.807, 2.05) is 21.1 Å². The lowest BCUT2D eigenvalue weighted by Gasteiger charge is -2.30. The number of unbranched alkanes of at least 4 members (excludes halogenated alkanes) is 11. The number of aliphatic hydroxyl groups excluding tert-OH is 1. The number of quaternary nitrogens is 1. The smallest absolute Gasteiger partial charge is 0.268 e. The Morgan fingerprint density at radius 1 is 0.886 bits per heavy atom. The molecule has 0 aromatic rings. The van der Waals surface area contributed by atoms with E-state index in [1.165, 1.54) is 44.9 Å². The van der Waals surface area contributed by atoms with E-state index in [0.29, 0.717) is 23.9 Å². The third kappa shape index (κ3) is 22.4. The van der Waals surface area contributed by atoms with Crippen molar-refractivity contribution in [1.82, 2.24) is 5.32 Å². The third-order valence-electron chi connectivity index (χ3n) is 6.10. The molecule has 0 aromatic heterocycles. The van der Waals surface area contributed by atoms with Crippen LogP contribution >= 0.6 is 7.82 Å². The van der Waals surface area contributed by atoms with Gasteiger partial charge in [-0.3, -0.25) is 9.36 Å². The standard InChI is InChI=1S/C26H55N2O6P/c1-6-8-10-12-14-15-17-19-25(29)24(27-26(30)20-18-16-13-11-9-7-2)23-34-35(31,32)33-22-21-28(3,4)5/h24-25,29H,6-23H2,1-5H3,(H-,27,30,31,32). The predicted molar refractivity (Wildman–Crippen MR) is 141 cm³/mol. The van der Waals surface area contributed by atoms with Crippen LogP contribution in [0, 0.1) is 0 Å². The van der Waals surface area contributed by atoms with Crippen molar-refractivity contribution >= 4 is 13.7 Å². The van der Waals surface area contributed by atoms with E-state index in [1.54, 1.807) is 0 Å². The van der Waals surface area contributed by atoms with Crippen LogP contribution in [0.25, 0.3) is 0 Å². The number of nitrogens with one attached hydrogen (secondary N) is 1. The summed E-state index contributed by atoms with van der Waals surface area (Å²) in [5, 5.41) is 13.5. The highest BCUT2D eigenvalue weighted by Crippen LogP contribution is 2.38. The van der Waals surface area contributed by atoms with E-state index in [4.69, 9.17) is 9.05 Å². The van der Waals surface area contributed by atoms with Gasteiger partial charge in [0.1, 0.15) is 13.2 Å². The molecule has 3 unspecified atom stereocenters. The van der Waals surface area contributed by atoms with Gasteiger partial charge in [-0.1, -0.05) is 90.9 Å². The Morgan fingerprint density at radius 2 is 1.40 bits per heavy atom. The Kier molecular flexibility index (Phi) is 20.3. The number of phosphoric ester groups is 1. The summed E-state index contributed by atoms with van der Waals surface area (Å²) in [5.74, 6) is -0.181. The van der Waals surface area contributed by atoms with Crippen LogP contribution in [0.4, 0.5) is 0 Å². The second-order valence-electron chi connectivity index (χ2n) is 10.8. The van der Waals surface area contributed by atoms with E-state index in [9.17, 15) is 19.4 Å². The number of aliphatic hydroxyl groups is 1. The normalized spacial score (nSPS) is 15.5. The number of likely N-dealkylation sites (N-methyl/N-ethyl adjacent to an activating group) is 1. The molecular weight excluding hydrogens is 467 g/mol. The Labute approximate surface area is 215 Å². The molecule has 0 radical (unpaired) electrons. The van der Waals surface area contributed by atoms with Crippen LogP contribution in [0.3, 0.4) is 0 Å². The summed E-state index contributed by atoms with van der Waals surface area (Å²) in [7, 11) is 1.30. The van der Waals surface area contributed by atoms with Crippen molar-refractivity contribution in [2.45, 2.75) is 122 Å². The molecule has 3 atom stereocenters. The van der Waals surface area contributed by atoms with Crippen molar-refractivity contribution in [3.05, 3.63) is 0 Å². The van der Waals surface area contributed by atoms with E-state index >= 15 is 0 Å². The summed E-state index contributed by atoms with van der Waals surface area (Å²) in [6.07, 6.45) is 14.3. The van der Waals surface area contributed by atoms with Gasteiger partial charge in [-0.2, -0.15) is 0 Å². The van der Waals surface area contributed by atoms with Gasteiger partial charge in [0.25, 0.3) is 7.82 Å². The number of hydrogen-bond donors (Lipinski definition) is 2. The lowest BCUT2D eigenvalue weighted by molar-refractivity contribution is -0.870. The molecule has 0 bridgehead atoms. The van der Waals surface area contributed by atoms with Gasteiger partial charge in [0, 0.05) is 6.42 Å². The molecule has 1 amide bonds.